The third kappa shape index (κ3) is 3.64. The van der Waals surface area contributed by atoms with Crippen LogP contribution in [0.2, 0.25) is 0 Å². The van der Waals surface area contributed by atoms with E-state index in [1.54, 1.807) is 19.1 Å². The average molecular weight is 371 g/mol. The van der Waals surface area contributed by atoms with Crippen molar-refractivity contribution in [1.29, 1.82) is 0 Å². The molecule has 2 N–H and O–H groups in total. The molecule has 0 spiro atoms. The van der Waals surface area contributed by atoms with Gasteiger partial charge in [-0.2, -0.15) is 12.7 Å². The summed E-state index contributed by atoms with van der Waals surface area (Å²) < 4.78 is 43.4. The number of anilines is 1. The van der Waals surface area contributed by atoms with E-state index in [9.17, 15) is 13.2 Å². The normalized spacial score (nSPS) is 11.6. The Morgan fingerprint density at radius 3 is 2.32 bits per heavy atom. The number of esters is 1. The minimum atomic E-state index is -3.84. The van der Waals surface area contributed by atoms with Crippen molar-refractivity contribution in [3.8, 4) is 11.5 Å². The van der Waals surface area contributed by atoms with Gasteiger partial charge in [-0.1, -0.05) is 0 Å². The van der Waals surface area contributed by atoms with Crippen molar-refractivity contribution in [2.24, 2.45) is 0 Å². The van der Waals surface area contributed by atoms with Crippen molar-refractivity contribution in [2.75, 3.05) is 39.6 Å². The summed E-state index contributed by atoms with van der Waals surface area (Å²) in [4.78, 5) is 15.1. The molecule has 0 atom stereocenters. The smallest absolute Gasteiger partial charge is 0.356 e. The van der Waals surface area contributed by atoms with Crippen LogP contribution in [0.25, 0.3) is 10.9 Å². The maximum absolute atomic E-state index is 12.2. The molecule has 1 heterocycles. The molecule has 0 radical (unpaired) electrons. The fourth-order valence-corrected chi connectivity index (χ4v) is 2.86. The van der Waals surface area contributed by atoms with Gasteiger partial charge in [0.2, 0.25) is 0 Å². The van der Waals surface area contributed by atoms with Crippen LogP contribution in [0.15, 0.2) is 12.1 Å². The van der Waals surface area contributed by atoms with Crippen molar-refractivity contribution >= 4 is 32.8 Å². The number of hydrogen-bond donors (Lipinski definition) is 2. The van der Waals surface area contributed by atoms with Crippen LogP contribution >= 0.6 is 0 Å². The standard InChI is InChI=1S/C15H21N3O6S/c1-6-24-15(19)14-13(17-25(20,21)18(2)3)9-7-11(22-4)12(23-5)8-10(9)16-14/h7-8,16-17H,6H2,1-5H3. The van der Waals surface area contributed by atoms with E-state index in [0.717, 1.165) is 4.31 Å². The number of H-pyrrole nitrogens is 1. The Bertz CT molecular complexity index is 888. The zero-order valence-corrected chi connectivity index (χ0v) is 15.5. The van der Waals surface area contributed by atoms with E-state index >= 15 is 0 Å². The number of carbonyl (C=O) groups is 1. The third-order valence-electron chi connectivity index (χ3n) is 3.49. The lowest BCUT2D eigenvalue weighted by atomic mass is 10.2. The van der Waals surface area contributed by atoms with E-state index in [4.69, 9.17) is 14.2 Å². The SMILES string of the molecule is CCOC(=O)c1[nH]c2cc(OC)c(OC)cc2c1NS(=O)(=O)N(C)C. The van der Waals surface area contributed by atoms with E-state index < -0.39 is 16.2 Å². The Kier molecular flexibility index (Phi) is 5.43. The number of nitrogens with one attached hydrogen (secondary N) is 2. The lowest BCUT2D eigenvalue weighted by Crippen LogP contribution is -2.29. The Hall–Kier alpha value is -2.46. The van der Waals surface area contributed by atoms with Crippen LogP contribution in [0.4, 0.5) is 5.69 Å². The number of nitrogens with zero attached hydrogens (tertiary/aromatic N) is 1. The molecule has 0 aliphatic heterocycles. The van der Waals surface area contributed by atoms with Crippen LogP contribution < -0.4 is 14.2 Å². The highest BCUT2D eigenvalue weighted by Gasteiger charge is 2.25. The predicted molar refractivity (Wildman–Crippen MR) is 93.6 cm³/mol. The molecule has 0 saturated carbocycles. The van der Waals surface area contributed by atoms with Crippen LogP contribution in [0.3, 0.4) is 0 Å². The van der Waals surface area contributed by atoms with E-state index in [2.05, 4.69) is 9.71 Å². The lowest BCUT2D eigenvalue weighted by molar-refractivity contribution is 0.0522. The van der Waals surface area contributed by atoms with Gasteiger partial charge in [0.15, 0.2) is 17.2 Å². The van der Waals surface area contributed by atoms with Crippen LogP contribution in [-0.4, -0.2) is 58.6 Å². The van der Waals surface area contributed by atoms with E-state index in [-0.39, 0.29) is 18.0 Å². The fourth-order valence-electron chi connectivity index (χ4n) is 2.20. The summed E-state index contributed by atoms with van der Waals surface area (Å²) in [7, 11) is 1.87. The van der Waals surface area contributed by atoms with Gasteiger partial charge in [0, 0.05) is 25.5 Å². The van der Waals surface area contributed by atoms with E-state index in [1.807, 2.05) is 0 Å². The maximum Gasteiger partial charge on any atom is 0.356 e. The van der Waals surface area contributed by atoms with Crippen LogP contribution in [0.5, 0.6) is 11.5 Å². The van der Waals surface area contributed by atoms with E-state index in [0.29, 0.717) is 22.4 Å². The van der Waals surface area contributed by atoms with Crippen molar-refractivity contribution in [2.45, 2.75) is 6.92 Å². The Morgan fingerprint density at radius 1 is 1.20 bits per heavy atom. The third-order valence-corrected chi connectivity index (χ3v) is 4.92. The molecule has 9 nitrogen and oxygen atoms in total. The van der Waals surface area contributed by atoms with Gasteiger partial charge in [-0.3, -0.25) is 4.72 Å². The molecule has 1 aromatic carbocycles. The second-order valence-corrected chi connectivity index (χ2v) is 7.12. The molecular weight excluding hydrogens is 350 g/mol. The number of benzene rings is 1. The molecule has 0 aliphatic carbocycles. The zero-order chi connectivity index (χ0) is 18.8. The van der Waals surface area contributed by atoms with Gasteiger partial charge in [0.05, 0.1) is 32.0 Å². The Balaban J connectivity index is 2.72. The van der Waals surface area contributed by atoms with Crippen LogP contribution in [0.1, 0.15) is 17.4 Å². The second kappa shape index (κ2) is 7.19. The van der Waals surface area contributed by atoms with Crippen LogP contribution in [-0.2, 0) is 14.9 Å². The molecule has 25 heavy (non-hydrogen) atoms. The summed E-state index contributed by atoms with van der Waals surface area (Å²) >= 11 is 0. The molecule has 138 valence electrons. The largest absolute Gasteiger partial charge is 0.493 e. The molecule has 0 saturated heterocycles. The first-order valence-corrected chi connectivity index (χ1v) is 8.84. The number of carbonyl (C=O) groups excluding carboxylic acids is 1. The minimum absolute atomic E-state index is 0.00224. The highest BCUT2D eigenvalue weighted by molar-refractivity contribution is 7.90. The summed E-state index contributed by atoms with van der Waals surface area (Å²) in [5.41, 5.74) is 0.581. The Morgan fingerprint density at radius 2 is 1.80 bits per heavy atom. The highest BCUT2D eigenvalue weighted by Crippen LogP contribution is 2.37. The number of ether oxygens (including phenoxy) is 3. The number of aromatic nitrogens is 1. The van der Waals surface area contributed by atoms with Gasteiger partial charge in [0.25, 0.3) is 0 Å². The summed E-state index contributed by atoms with van der Waals surface area (Å²) in [6.07, 6.45) is 0. The first-order valence-electron chi connectivity index (χ1n) is 7.40. The van der Waals surface area contributed by atoms with Gasteiger partial charge in [-0.25, -0.2) is 4.79 Å². The number of rotatable bonds is 7. The minimum Gasteiger partial charge on any atom is -0.493 e. The molecule has 2 aromatic rings. The maximum atomic E-state index is 12.2. The zero-order valence-electron chi connectivity index (χ0n) is 14.7. The Labute approximate surface area is 146 Å². The van der Waals surface area contributed by atoms with Crippen molar-refractivity contribution < 1.29 is 27.4 Å². The van der Waals surface area contributed by atoms with Crippen molar-refractivity contribution in [1.82, 2.24) is 9.29 Å². The van der Waals surface area contributed by atoms with Gasteiger partial charge >= 0.3 is 16.2 Å². The summed E-state index contributed by atoms with van der Waals surface area (Å²) in [6.45, 7) is 1.82. The molecule has 2 rings (SSSR count). The molecule has 0 bridgehead atoms. The number of hydrogen-bond acceptors (Lipinski definition) is 6. The first-order chi connectivity index (χ1) is 11.7. The summed E-state index contributed by atoms with van der Waals surface area (Å²) in [5.74, 6) is 0.163. The first kappa shape index (κ1) is 18.9. The molecular formula is C15H21N3O6S. The number of fused-ring (bicyclic) bond motifs is 1. The highest BCUT2D eigenvalue weighted by atomic mass is 32.2. The number of aromatic amines is 1. The monoisotopic (exact) mass is 371 g/mol. The van der Waals surface area contributed by atoms with Gasteiger partial charge in [-0.15, -0.1) is 0 Å². The van der Waals surface area contributed by atoms with Gasteiger partial charge in [-0.05, 0) is 13.0 Å². The molecule has 0 unspecified atom stereocenters. The van der Waals surface area contributed by atoms with Gasteiger partial charge < -0.3 is 19.2 Å². The van der Waals surface area contributed by atoms with Crippen molar-refractivity contribution in [3.05, 3.63) is 17.8 Å². The number of methoxy groups -OCH3 is 2. The van der Waals surface area contributed by atoms with E-state index in [1.165, 1.54) is 28.3 Å². The quantitative estimate of drug-likeness (QED) is 0.715. The molecule has 0 aliphatic rings. The van der Waals surface area contributed by atoms with Crippen molar-refractivity contribution in [3.63, 3.8) is 0 Å². The van der Waals surface area contributed by atoms with Crippen LogP contribution in [0, 0.1) is 0 Å². The molecule has 0 fully saturated rings. The summed E-state index contributed by atoms with van der Waals surface area (Å²) in [6, 6.07) is 3.20. The molecule has 1 aromatic heterocycles. The summed E-state index contributed by atoms with van der Waals surface area (Å²) in [5, 5.41) is 0.450. The lowest BCUT2D eigenvalue weighted by Gasteiger charge is -2.14. The predicted octanol–water partition coefficient (Wildman–Crippen LogP) is 1.58. The average Bonchev–Trinajstić information content (AvgIpc) is 2.90. The van der Waals surface area contributed by atoms with Gasteiger partial charge in [0.1, 0.15) is 0 Å². The topological polar surface area (TPSA) is 110 Å². The second-order valence-electron chi connectivity index (χ2n) is 5.24. The molecule has 10 heteroatoms. The molecule has 0 amide bonds. The fraction of sp³-hybridized carbons (Fsp3) is 0.400.